The summed E-state index contributed by atoms with van der Waals surface area (Å²) in [6.45, 7) is 4.23. The van der Waals surface area contributed by atoms with E-state index in [1.807, 2.05) is 13.1 Å². The van der Waals surface area contributed by atoms with Gasteiger partial charge in [-0.1, -0.05) is 29.3 Å². The maximum absolute atomic E-state index is 13.3. The Morgan fingerprint density at radius 2 is 1.71 bits per heavy atom. The van der Waals surface area contributed by atoms with Gasteiger partial charge in [0, 0.05) is 9.58 Å². The van der Waals surface area contributed by atoms with Crippen LogP contribution in [0.2, 0.25) is 0 Å². The summed E-state index contributed by atoms with van der Waals surface area (Å²) in [6.07, 6.45) is 0. The molecule has 1 unspecified atom stereocenters. The molecule has 0 saturated carbocycles. The first-order valence-corrected chi connectivity index (χ1v) is 7.83. The smallest absolute Gasteiger partial charge is 0.123 e. The normalized spacial score (nSPS) is 12.8. The molecule has 3 rings (SSSR count). The third-order valence-corrected chi connectivity index (χ3v) is 4.83. The lowest BCUT2D eigenvalue weighted by Crippen LogP contribution is -2.16. The van der Waals surface area contributed by atoms with Crippen LogP contribution in [0.3, 0.4) is 0 Å². The standard InChI is InChI=1S/C18H18FNS/c1-11-6-12(2)8-14(7-11)18(20-3)17-10-13-9-15(19)4-5-16(13)21-17/h4-10,18,20H,1-3H3. The van der Waals surface area contributed by atoms with E-state index in [-0.39, 0.29) is 11.9 Å². The first-order valence-electron chi connectivity index (χ1n) is 7.01. The van der Waals surface area contributed by atoms with E-state index in [0.29, 0.717) is 0 Å². The lowest BCUT2D eigenvalue weighted by Gasteiger charge is -2.16. The summed E-state index contributed by atoms with van der Waals surface area (Å²) in [5, 5.41) is 4.35. The van der Waals surface area contributed by atoms with Crippen LogP contribution in [0.15, 0.2) is 42.5 Å². The summed E-state index contributed by atoms with van der Waals surface area (Å²) in [5.41, 5.74) is 3.77. The quantitative estimate of drug-likeness (QED) is 0.720. The molecule has 0 amide bonds. The summed E-state index contributed by atoms with van der Waals surface area (Å²) >= 11 is 1.72. The first-order chi connectivity index (χ1) is 10.1. The van der Waals surface area contributed by atoms with E-state index < -0.39 is 0 Å². The molecule has 1 nitrogen and oxygen atoms in total. The maximum atomic E-state index is 13.3. The number of benzene rings is 2. The number of fused-ring (bicyclic) bond motifs is 1. The highest BCUT2D eigenvalue weighted by Crippen LogP contribution is 2.34. The molecule has 1 aromatic heterocycles. The largest absolute Gasteiger partial charge is 0.309 e. The van der Waals surface area contributed by atoms with Crippen LogP contribution in [0.4, 0.5) is 4.39 Å². The number of thiophene rings is 1. The number of halogens is 1. The van der Waals surface area contributed by atoms with E-state index in [1.54, 1.807) is 17.4 Å². The van der Waals surface area contributed by atoms with Gasteiger partial charge >= 0.3 is 0 Å². The van der Waals surface area contributed by atoms with Crippen LogP contribution < -0.4 is 5.32 Å². The Hall–Kier alpha value is -1.71. The number of nitrogens with one attached hydrogen (secondary N) is 1. The first kappa shape index (κ1) is 14.2. The van der Waals surface area contributed by atoms with E-state index >= 15 is 0 Å². The molecule has 0 spiro atoms. The van der Waals surface area contributed by atoms with Gasteiger partial charge in [0.15, 0.2) is 0 Å². The van der Waals surface area contributed by atoms with Gasteiger partial charge in [0.05, 0.1) is 6.04 Å². The van der Waals surface area contributed by atoms with Gasteiger partial charge in [0.25, 0.3) is 0 Å². The fourth-order valence-electron chi connectivity index (χ4n) is 2.83. The Bertz CT molecular complexity index is 771. The molecule has 3 aromatic rings. The summed E-state index contributed by atoms with van der Waals surface area (Å²) < 4.78 is 14.5. The lowest BCUT2D eigenvalue weighted by atomic mass is 10.00. The van der Waals surface area contributed by atoms with Crippen molar-refractivity contribution in [2.45, 2.75) is 19.9 Å². The Labute approximate surface area is 128 Å². The van der Waals surface area contributed by atoms with E-state index in [1.165, 1.54) is 27.6 Å². The molecule has 3 heteroatoms. The van der Waals surface area contributed by atoms with Crippen molar-refractivity contribution in [3.63, 3.8) is 0 Å². The van der Waals surface area contributed by atoms with Crippen LogP contribution in [0.25, 0.3) is 10.1 Å². The van der Waals surface area contributed by atoms with Crippen LogP contribution in [0.5, 0.6) is 0 Å². The third kappa shape index (κ3) is 2.85. The van der Waals surface area contributed by atoms with E-state index in [4.69, 9.17) is 0 Å². The number of hydrogen-bond donors (Lipinski definition) is 1. The van der Waals surface area contributed by atoms with Crippen molar-refractivity contribution in [1.29, 1.82) is 0 Å². The SMILES string of the molecule is CNC(c1cc(C)cc(C)c1)c1cc2cc(F)ccc2s1. The van der Waals surface area contributed by atoms with Crippen molar-refractivity contribution >= 4 is 21.4 Å². The molecule has 1 atom stereocenters. The van der Waals surface area contributed by atoms with E-state index in [2.05, 4.69) is 43.4 Å². The Kier molecular flexibility index (Phi) is 3.79. The second-order valence-electron chi connectivity index (χ2n) is 5.47. The molecule has 0 radical (unpaired) electrons. The minimum atomic E-state index is -0.181. The van der Waals surface area contributed by atoms with Gasteiger partial charge < -0.3 is 5.32 Å². The van der Waals surface area contributed by atoms with Crippen molar-refractivity contribution in [1.82, 2.24) is 5.32 Å². The molecule has 108 valence electrons. The van der Waals surface area contributed by atoms with Gasteiger partial charge in [-0.05, 0) is 56.1 Å². The van der Waals surface area contributed by atoms with Crippen molar-refractivity contribution < 1.29 is 4.39 Å². The van der Waals surface area contributed by atoms with Gasteiger partial charge in [0.2, 0.25) is 0 Å². The minimum absolute atomic E-state index is 0.143. The number of aryl methyl sites for hydroxylation is 2. The van der Waals surface area contributed by atoms with Crippen LogP contribution >= 0.6 is 11.3 Å². The molecule has 0 fully saturated rings. The Morgan fingerprint density at radius 1 is 1.00 bits per heavy atom. The van der Waals surface area contributed by atoms with Crippen LogP contribution in [-0.4, -0.2) is 7.05 Å². The fourth-order valence-corrected chi connectivity index (χ4v) is 4.01. The average Bonchev–Trinajstić information content (AvgIpc) is 2.81. The second-order valence-corrected chi connectivity index (χ2v) is 6.59. The molecule has 0 aliphatic carbocycles. The molecule has 1 heterocycles. The summed E-state index contributed by atoms with van der Waals surface area (Å²) in [7, 11) is 1.97. The van der Waals surface area contributed by atoms with Crippen LogP contribution in [0.1, 0.15) is 27.6 Å². The Morgan fingerprint density at radius 3 is 2.38 bits per heavy atom. The molecule has 2 aromatic carbocycles. The molecular formula is C18H18FNS. The Balaban J connectivity index is 2.08. The highest BCUT2D eigenvalue weighted by molar-refractivity contribution is 7.19. The second kappa shape index (κ2) is 5.58. The monoisotopic (exact) mass is 299 g/mol. The van der Waals surface area contributed by atoms with E-state index in [9.17, 15) is 4.39 Å². The van der Waals surface area contributed by atoms with Gasteiger partial charge in [-0.15, -0.1) is 11.3 Å². The number of hydrogen-bond acceptors (Lipinski definition) is 2. The summed E-state index contributed by atoms with van der Waals surface area (Å²) in [4.78, 5) is 1.21. The van der Waals surface area contributed by atoms with Crippen molar-refractivity contribution in [2.75, 3.05) is 7.05 Å². The van der Waals surface area contributed by atoms with Gasteiger partial charge in [-0.3, -0.25) is 0 Å². The molecule has 0 aliphatic heterocycles. The van der Waals surface area contributed by atoms with Crippen molar-refractivity contribution in [2.24, 2.45) is 0 Å². The zero-order chi connectivity index (χ0) is 15.0. The van der Waals surface area contributed by atoms with Gasteiger partial charge in [-0.25, -0.2) is 4.39 Å². The minimum Gasteiger partial charge on any atom is -0.309 e. The maximum Gasteiger partial charge on any atom is 0.123 e. The summed E-state index contributed by atoms with van der Waals surface area (Å²) in [6, 6.07) is 13.8. The average molecular weight is 299 g/mol. The van der Waals surface area contributed by atoms with Crippen molar-refractivity contribution in [3.8, 4) is 0 Å². The zero-order valence-corrected chi connectivity index (χ0v) is 13.2. The van der Waals surface area contributed by atoms with Crippen molar-refractivity contribution in [3.05, 3.63) is 69.8 Å². The topological polar surface area (TPSA) is 12.0 Å². The molecular weight excluding hydrogens is 281 g/mol. The zero-order valence-electron chi connectivity index (χ0n) is 12.4. The van der Waals surface area contributed by atoms with Crippen LogP contribution in [-0.2, 0) is 0 Å². The molecule has 0 bridgehead atoms. The molecule has 0 aliphatic rings. The molecule has 21 heavy (non-hydrogen) atoms. The fraction of sp³-hybridized carbons (Fsp3) is 0.222. The summed E-state index contributed by atoms with van der Waals surface area (Å²) in [5.74, 6) is -0.181. The van der Waals surface area contributed by atoms with Gasteiger partial charge in [-0.2, -0.15) is 0 Å². The molecule has 1 N–H and O–H groups in total. The highest BCUT2D eigenvalue weighted by atomic mass is 32.1. The highest BCUT2D eigenvalue weighted by Gasteiger charge is 2.16. The molecule has 0 saturated heterocycles. The predicted molar refractivity (Wildman–Crippen MR) is 88.6 cm³/mol. The van der Waals surface area contributed by atoms with Crippen LogP contribution in [0, 0.1) is 19.7 Å². The lowest BCUT2D eigenvalue weighted by molar-refractivity contribution is 0.630. The predicted octanol–water partition coefficient (Wildman–Crippen LogP) is 4.97. The van der Waals surface area contributed by atoms with E-state index in [0.717, 1.165) is 10.1 Å². The third-order valence-electron chi connectivity index (χ3n) is 3.65. The number of rotatable bonds is 3. The van der Waals surface area contributed by atoms with Gasteiger partial charge in [0.1, 0.15) is 5.82 Å².